The highest BCUT2D eigenvalue weighted by Gasteiger charge is 2.62. The minimum Gasteiger partial charge on any atom is -0.471 e. The zero-order chi connectivity index (χ0) is 38.3. The molecule has 2 saturated carbocycles. The van der Waals surface area contributed by atoms with Crippen molar-refractivity contribution >= 4 is 44.9 Å². The Bertz CT molecular complexity index is 1910. The van der Waals surface area contributed by atoms with Gasteiger partial charge in [0.05, 0.1) is 22.8 Å². The first-order valence-electron chi connectivity index (χ1n) is 17.7. The van der Waals surface area contributed by atoms with Crippen LogP contribution in [-0.2, 0) is 35.3 Å². The molecule has 3 heterocycles. The number of aromatic nitrogens is 2. The number of halogens is 3. The molecule has 1 aromatic carbocycles. The van der Waals surface area contributed by atoms with E-state index in [0.717, 1.165) is 4.90 Å². The van der Waals surface area contributed by atoms with Crippen LogP contribution < -0.4 is 20.1 Å². The number of carbonyl (C=O) groups excluding carboxylic acids is 4. The van der Waals surface area contributed by atoms with E-state index >= 15 is 0 Å². The smallest absolute Gasteiger partial charge is 0.438 e. The monoisotopic (exact) mass is 764 g/mol. The lowest BCUT2D eigenvalue weighted by molar-refractivity contribution is -0.143. The first-order chi connectivity index (χ1) is 24.9. The predicted molar refractivity (Wildman–Crippen MR) is 184 cm³/mol. The number of alkyl halides is 3. The number of nitrogens with one attached hydrogen (secondary N) is 3. The van der Waals surface area contributed by atoms with Gasteiger partial charge in [0.1, 0.15) is 29.3 Å². The molecule has 6 rings (SSSR count). The van der Waals surface area contributed by atoms with Gasteiger partial charge in [0, 0.05) is 12.3 Å². The lowest BCUT2D eigenvalue weighted by Crippen LogP contribution is -2.58. The average molecular weight is 765 g/mol. The first kappa shape index (κ1) is 38.3. The molecular formula is C35H43F3N6O8S. The van der Waals surface area contributed by atoms with E-state index in [1.165, 1.54) is 18.2 Å². The van der Waals surface area contributed by atoms with Crippen LogP contribution in [0, 0.1) is 5.92 Å². The number of rotatable bonds is 6. The van der Waals surface area contributed by atoms with Gasteiger partial charge in [-0.15, -0.1) is 0 Å². The van der Waals surface area contributed by atoms with Gasteiger partial charge in [0.15, 0.2) is 0 Å². The number of sulfonamides is 1. The van der Waals surface area contributed by atoms with Gasteiger partial charge in [-0.1, -0.05) is 37.1 Å². The second-order valence-corrected chi connectivity index (χ2v) is 17.0. The van der Waals surface area contributed by atoms with Crippen molar-refractivity contribution < 1.29 is 50.2 Å². The van der Waals surface area contributed by atoms with Crippen LogP contribution in [0.15, 0.2) is 36.4 Å². The molecule has 0 radical (unpaired) electrons. The molecular weight excluding hydrogens is 721 g/mol. The summed E-state index contributed by atoms with van der Waals surface area (Å²) in [5.41, 5.74) is -3.82. The topological polar surface area (TPSA) is 186 Å². The van der Waals surface area contributed by atoms with Crippen molar-refractivity contribution in [1.82, 2.24) is 30.2 Å². The molecule has 1 aromatic heterocycles. The molecule has 18 heteroatoms. The first-order valence-corrected chi connectivity index (χ1v) is 19.3. The normalized spacial score (nSPS) is 27.7. The van der Waals surface area contributed by atoms with Crippen LogP contribution in [0.4, 0.5) is 18.0 Å². The summed E-state index contributed by atoms with van der Waals surface area (Å²) in [6.45, 7) is 4.57. The van der Waals surface area contributed by atoms with Crippen molar-refractivity contribution in [2.24, 2.45) is 5.92 Å². The van der Waals surface area contributed by atoms with Gasteiger partial charge >= 0.3 is 12.3 Å². The summed E-state index contributed by atoms with van der Waals surface area (Å²) in [5.74, 6) is -3.85. The largest absolute Gasteiger partial charge is 0.471 e. The summed E-state index contributed by atoms with van der Waals surface area (Å²) in [7, 11) is -3.98. The molecule has 5 atom stereocenters. The van der Waals surface area contributed by atoms with Gasteiger partial charge in [-0.2, -0.15) is 13.2 Å². The Kier molecular flexibility index (Phi) is 10.4. The Morgan fingerprint density at radius 1 is 1.02 bits per heavy atom. The Morgan fingerprint density at radius 3 is 2.38 bits per heavy atom. The van der Waals surface area contributed by atoms with Crippen LogP contribution in [0.2, 0.25) is 0 Å². The van der Waals surface area contributed by atoms with Gasteiger partial charge in [-0.3, -0.25) is 19.1 Å². The second-order valence-electron chi connectivity index (χ2n) is 15.1. The van der Waals surface area contributed by atoms with E-state index in [1.54, 1.807) is 32.9 Å². The third kappa shape index (κ3) is 8.84. The molecule has 2 aliphatic carbocycles. The molecule has 2 aromatic rings. The standard InChI is InChI=1S/C35H43F3N6O8S/c1-33(2,3)52-32(48)41-25-14-8-6-4-5-7-11-20-18-34(20,31(47)43-53(49,50)22-15-16-22)42-28(45)26-17-21(19-44(26)30(25)46)51-29-27(35(36,37)38)39-23-12-9-10-13-24(23)40-29/h7,9-13,20-22,25-26H,4-6,8,14-19H2,1-3H3,(H,41,48)(H,42,45)(H,43,47)/b11-7-/t20-,21-,25+,26+,34-/m1/s1. The minimum atomic E-state index is -4.96. The van der Waals surface area contributed by atoms with Crippen molar-refractivity contribution in [3.8, 4) is 5.88 Å². The molecule has 288 valence electrons. The van der Waals surface area contributed by atoms with E-state index in [-0.39, 0.29) is 36.8 Å². The lowest BCUT2D eigenvalue weighted by Gasteiger charge is -2.30. The maximum absolute atomic E-state index is 14.3. The number of fused-ring (bicyclic) bond motifs is 3. The number of ether oxygens (including phenoxy) is 2. The minimum absolute atomic E-state index is 0.0165. The zero-order valence-electron chi connectivity index (χ0n) is 29.6. The number of carbonyl (C=O) groups is 4. The molecule has 0 unspecified atom stereocenters. The number of benzene rings is 1. The third-order valence-electron chi connectivity index (χ3n) is 9.62. The van der Waals surface area contributed by atoms with Crippen molar-refractivity contribution in [2.45, 2.75) is 119 Å². The fourth-order valence-corrected chi connectivity index (χ4v) is 8.07. The second kappa shape index (κ2) is 14.4. The number of alkyl carbamates (subject to hydrolysis) is 1. The molecule has 3 fully saturated rings. The van der Waals surface area contributed by atoms with Crippen LogP contribution in [-0.4, -0.2) is 88.2 Å². The van der Waals surface area contributed by atoms with Crippen LogP contribution in [0.25, 0.3) is 11.0 Å². The molecule has 2 aliphatic heterocycles. The molecule has 1 saturated heterocycles. The number of hydrogen-bond acceptors (Lipinski definition) is 10. The number of para-hydroxylation sites is 2. The van der Waals surface area contributed by atoms with E-state index in [4.69, 9.17) is 9.47 Å². The van der Waals surface area contributed by atoms with Crippen LogP contribution >= 0.6 is 0 Å². The molecule has 4 aliphatic rings. The Morgan fingerprint density at radius 2 is 1.72 bits per heavy atom. The van der Waals surface area contributed by atoms with Gasteiger partial charge in [-0.05, 0) is 71.4 Å². The molecule has 14 nitrogen and oxygen atoms in total. The SMILES string of the molecule is CC(C)(C)OC(=O)N[C@H]1CCCCC/C=C\[C@@H]2C[C@@]2(C(=O)NS(=O)(=O)C2CC2)NC(=O)[C@@H]2C[C@@H](Oc3nc4ccccc4nc3C(F)(F)F)CN2C1=O. The number of nitrogens with zero attached hydrogens (tertiary/aromatic N) is 3. The van der Waals surface area contributed by atoms with E-state index < -0.39 is 92.1 Å². The summed E-state index contributed by atoms with van der Waals surface area (Å²) in [6, 6.07) is 3.35. The number of allylic oxidation sites excluding steroid dienone is 1. The highest BCUT2D eigenvalue weighted by Crippen LogP contribution is 2.46. The highest BCUT2D eigenvalue weighted by molar-refractivity contribution is 7.91. The maximum atomic E-state index is 14.3. The molecule has 3 N–H and O–H groups in total. The molecule has 53 heavy (non-hydrogen) atoms. The van der Waals surface area contributed by atoms with Crippen molar-refractivity contribution in [2.75, 3.05) is 6.54 Å². The van der Waals surface area contributed by atoms with E-state index in [9.17, 15) is 40.8 Å². The van der Waals surface area contributed by atoms with Gasteiger partial charge in [-0.25, -0.2) is 23.2 Å². The van der Waals surface area contributed by atoms with Crippen molar-refractivity contribution in [3.05, 3.63) is 42.1 Å². The zero-order valence-corrected chi connectivity index (χ0v) is 30.4. The van der Waals surface area contributed by atoms with Crippen molar-refractivity contribution in [3.63, 3.8) is 0 Å². The van der Waals surface area contributed by atoms with Crippen LogP contribution in [0.3, 0.4) is 0 Å². The lowest BCUT2D eigenvalue weighted by atomic mass is 10.0. The van der Waals surface area contributed by atoms with Gasteiger partial charge < -0.3 is 25.0 Å². The van der Waals surface area contributed by atoms with Crippen molar-refractivity contribution in [1.29, 1.82) is 0 Å². The summed E-state index contributed by atoms with van der Waals surface area (Å²) in [5, 5.41) is 4.60. The maximum Gasteiger partial charge on any atom is 0.438 e. The fraction of sp³-hybridized carbons (Fsp3) is 0.600. The van der Waals surface area contributed by atoms with E-state index in [0.29, 0.717) is 38.5 Å². The summed E-state index contributed by atoms with van der Waals surface area (Å²) in [4.78, 5) is 64.0. The average Bonchev–Trinajstić information content (AvgIpc) is 3.98. The number of hydrogen-bond donors (Lipinski definition) is 3. The van der Waals surface area contributed by atoms with E-state index in [1.807, 2.05) is 6.08 Å². The molecule has 0 bridgehead atoms. The molecule has 0 spiro atoms. The van der Waals surface area contributed by atoms with Gasteiger partial charge in [0.25, 0.3) is 5.91 Å². The Hall–Kier alpha value is -4.48. The highest BCUT2D eigenvalue weighted by atomic mass is 32.2. The molecule has 4 amide bonds. The quantitative estimate of drug-likeness (QED) is 0.365. The number of amides is 4. The van der Waals surface area contributed by atoms with Crippen LogP contribution in [0.5, 0.6) is 5.88 Å². The fourth-order valence-electron chi connectivity index (χ4n) is 6.71. The van der Waals surface area contributed by atoms with Gasteiger partial charge in [0.2, 0.25) is 33.4 Å². The Labute approximate surface area is 304 Å². The summed E-state index contributed by atoms with van der Waals surface area (Å²) in [6.07, 6.45) is -0.193. The third-order valence-corrected chi connectivity index (χ3v) is 11.4. The van der Waals surface area contributed by atoms with Crippen LogP contribution in [0.1, 0.15) is 84.3 Å². The van der Waals surface area contributed by atoms with E-state index in [2.05, 4.69) is 25.3 Å². The summed E-state index contributed by atoms with van der Waals surface area (Å²) >= 11 is 0. The Balaban J connectivity index is 1.33. The predicted octanol–water partition coefficient (Wildman–Crippen LogP) is 3.89. The summed E-state index contributed by atoms with van der Waals surface area (Å²) < 4.78 is 81.5.